The zero-order valence-corrected chi connectivity index (χ0v) is 18.3. The van der Waals surface area contributed by atoms with E-state index in [2.05, 4.69) is 10.2 Å². The van der Waals surface area contributed by atoms with Crippen LogP contribution in [-0.4, -0.2) is 23.1 Å². The van der Waals surface area contributed by atoms with E-state index >= 15 is 0 Å². The number of carbonyl (C=O) groups is 1. The standard InChI is InChI=1S/C25H22N2O3S/c1-16-8-12-18(13-9-16)22(28)23(19-14-10-17(2)11-15-19)31-25-27-26-24(30-25)20-6-4-5-7-21(20)29-3/h4-15,23H,1-3H3/t23-/m1/s1. The lowest BCUT2D eigenvalue weighted by atomic mass is 10.0. The average molecular weight is 431 g/mol. The molecule has 0 unspecified atom stereocenters. The molecule has 6 heteroatoms. The van der Waals surface area contributed by atoms with Crippen LogP contribution in [0.15, 0.2) is 82.4 Å². The first-order chi connectivity index (χ1) is 15.0. The van der Waals surface area contributed by atoms with Gasteiger partial charge in [-0.3, -0.25) is 4.79 Å². The number of rotatable bonds is 7. The molecule has 1 aromatic heterocycles. The molecule has 0 N–H and O–H groups in total. The summed E-state index contributed by atoms with van der Waals surface area (Å²) in [4.78, 5) is 13.4. The van der Waals surface area contributed by atoms with Crippen molar-refractivity contribution in [2.45, 2.75) is 24.3 Å². The number of Topliss-reactive ketones (excluding diaryl/α,β-unsaturated/α-hetero) is 1. The summed E-state index contributed by atoms with van der Waals surface area (Å²) in [6.07, 6.45) is 0. The fraction of sp³-hybridized carbons (Fsp3) is 0.160. The minimum absolute atomic E-state index is 0.00843. The van der Waals surface area contributed by atoms with E-state index in [4.69, 9.17) is 9.15 Å². The topological polar surface area (TPSA) is 65.2 Å². The molecule has 4 rings (SSSR count). The van der Waals surface area contributed by atoms with E-state index in [0.29, 0.717) is 28.0 Å². The summed E-state index contributed by atoms with van der Waals surface area (Å²) in [6, 6.07) is 23.0. The molecule has 0 saturated heterocycles. The summed E-state index contributed by atoms with van der Waals surface area (Å²) in [7, 11) is 1.60. The minimum atomic E-state index is -0.505. The Morgan fingerprint density at radius 1 is 0.903 bits per heavy atom. The van der Waals surface area contributed by atoms with Gasteiger partial charge in [0.15, 0.2) is 5.78 Å². The maximum absolute atomic E-state index is 13.4. The molecule has 0 aliphatic rings. The Hall–Kier alpha value is -3.38. The Morgan fingerprint density at radius 3 is 2.23 bits per heavy atom. The highest BCUT2D eigenvalue weighted by Crippen LogP contribution is 2.39. The number of para-hydroxylation sites is 1. The first kappa shape index (κ1) is 20.9. The first-order valence-corrected chi connectivity index (χ1v) is 10.7. The van der Waals surface area contributed by atoms with Gasteiger partial charge in [0.25, 0.3) is 11.1 Å². The lowest BCUT2D eigenvalue weighted by Gasteiger charge is -2.14. The zero-order valence-electron chi connectivity index (χ0n) is 17.5. The molecule has 0 aliphatic heterocycles. The van der Waals surface area contributed by atoms with Gasteiger partial charge in [-0.05, 0) is 43.3 Å². The predicted molar refractivity (Wildman–Crippen MR) is 122 cm³/mol. The summed E-state index contributed by atoms with van der Waals surface area (Å²) in [6.45, 7) is 4.02. The van der Waals surface area contributed by atoms with Crippen molar-refractivity contribution in [1.82, 2.24) is 10.2 Å². The van der Waals surface area contributed by atoms with Crippen molar-refractivity contribution in [2.75, 3.05) is 7.11 Å². The normalized spacial score (nSPS) is 11.8. The van der Waals surface area contributed by atoms with Crippen LogP contribution in [-0.2, 0) is 0 Å². The minimum Gasteiger partial charge on any atom is -0.496 e. The highest BCUT2D eigenvalue weighted by Gasteiger charge is 2.26. The molecular formula is C25H22N2O3S. The second-order valence-corrected chi connectivity index (χ2v) is 8.27. The van der Waals surface area contributed by atoms with Crippen molar-refractivity contribution in [2.24, 2.45) is 0 Å². The number of hydrogen-bond acceptors (Lipinski definition) is 6. The molecule has 0 bridgehead atoms. The van der Waals surface area contributed by atoms with Crippen LogP contribution in [0.2, 0.25) is 0 Å². The number of thioether (sulfide) groups is 1. The Morgan fingerprint density at radius 2 is 1.55 bits per heavy atom. The Balaban J connectivity index is 1.67. The van der Waals surface area contributed by atoms with Gasteiger partial charge in [-0.2, -0.15) is 0 Å². The second kappa shape index (κ2) is 9.18. The van der Waals surface area contributed by atoms with Crippen LogP contribution in [0.4, 0.5) is 0 Å². The molecule has 0 saturated carbocycles. The van der Waals surface area contributed by atoms with Crippen LogP contribution >= 0.6 is 11.8 Å². The molecule has 1 heterocycles. The lowest BCUT2D eigenvalue weighted by Crippen LogP contribution is -2.10. The smallest absolute Gasteiger partial charge is 0.277 e. The first-order valence-electron chi connectivity index (χ1n) is 9.86. The molecule has 5 nitrogen and oxygen atoms in total. The molecule has 0 fully saturated rings. The third-order valence-corrected chi connectivity index (χ3v) is 6.01. The van der Waals surface area contributed by atoms with Crippen LogP contribution in [0.3, 0.4) is 0 Å². The number of nitrogens with zero attached hydrogens (tertiary/aromatic N) is 2. The molecule has 31 heavy (non-hydrogen) atoms. The van der Waals surface area contributed by atoms with Gasteiger partial charge in [-0.15, -0.1) is 10.2 Å². The highest BCUT2D eigenvalue weighted by molar-refractivity contribution is 8.00. The number of benzene rings is 3. The van der Waals surface area contributed by atoms with E-state index in [0.717, 1.165) is 16.7 Å². The maximum Gasteiger partial charge on any atom is 0.277 e. The molecule has 0 radical (unpaired) electrons. The van der Waals surface area contributed by atoms with Crippen molar-refractivity contribution in [3.63, 3.8) is 0 Å². The second-order valence-electron chi connectivity index (χ2n) is 7.21. The van der Waals surface area contributed by atoms with Gasteiger partial charge in [-0.1, -0.05) is 71.8 Å². The van der Waals surface area contributed by atoms with Gasteiger partial charge < -0.3 is 9.15 Å². The molecule has 156 valence electrons. The van der Waals surface area contributed by atoms with E-state index in [-0.39, 0.29) is 5.78 Å². The predicted octanol–water partition coefficient (Wildman–Crippen LogP) is 6.08. The third kappa shape index (κ3) is 4.70. The molecule has 3 aromatic carbocycles. The average Bonchev–Trinajstić information content (AvgIpc) is 3.27. The van der Waals surface area contributed by atoms with Crippen molar-refractivity contribution in [3.8, 4) is 17.2 Å². The number of ether oxygens (including phenoxy) is 1. The van der Waals surface area contributed by atoms with Gasteiger partial charge in [0, 0.05) is 5.56 Å². The fourth-order valence-electron chi connectivity index (χ4n) is 3.17. The molecule has 0 spiro atoms. The Bertz CT molecular complexity index is 1180. The fourth-order valence-corrected chi connectivity index (χ4v) is 4.12. The number of aromatic nitrogens is 2. The van der Waals surface area contributed by atoms with Crippen LogP contribution in [0.1, 0.15) is 32.3 Å². The summed E-state index contributed by atoms with van der Waals surface area (Å²) in [5.74, 6) is 0.991. The zero-order chi connectivity index (χ0) is 21.8. The van der Waals surface area contributed by atoms with Gasteiger partial charge in [0.1, 0.15) is 11.0 Å². The van der Waals surface area contributed by atoms with Crippen LogP contribution < -0.4 is 4.74 Å². The summed E-state index contributed by atoms with van der Waals surface area (Å²) in [5.41, 5.74) is 4.48. The molecule has 0 amide bonds. The lowest BCUT2D eigenvalue weighted by molar-refractivity contribution is 0.0989. The molecule has 1 atom stereocenters. The summed E-state index contributed by atoms with van der Waals surface area (Å²) < 4.78 is 11.3. The number of methoxy groups -OCH3 is 1. The number of hydrogen-bond donors (Lipinski definition) is 0. The highest BCUT2D eigenvalue weighted by atomic mass is 32.2. The van der Waals surface area contributed by atoms with Crippen molar-refractivity contribution in [3.05, 3.63) is 95.1 Å². The van der Waals surface area contributed by atoms with Gasteiger partial charge >= 0.3 is 0 Å². The molecule has 0 aliphatic carbocycles. The Labute approximate surface area is 185 Å². The maximum atomic E-state index is 13.4. The van der Waals surface area contributed by atoms with E-state index < -0.39 is 5.25 Å². The van der Waals surface area contributed by atoms with Crippen LogP contribution in [0.5, 0.6) is 5.75 Å². The van der Waals surface area contributed by atoms with Crippen molar-refractivity contribution in [1.29, 1.82) is 0 Å². The van der Waals surface area contributed by atoms with Crippen LogP contribution in [0.25, 0.3) is 11.5 Å². The third-order valence-electron chi connectivity index (χ3n) is 4.92. The van der Waals surface area contributed by atoms with Crippen molar-refractivity contribution < 1.29 is 13.9 Å². The molecule has 4 aromatic rings. The monoisotopic (exact) mass is 430 g/mol. The summed E-state index contributed by atoms with van der Waals surface area (Å²) in [5, 5.41) is 8.17. The Kier molecular flexibility index (Phi) is 6.18. The van der Waals surface area contributed by atoms with Gasteiger partial charge in [0.2, 0.25) is 0 Å². The van der Waals surface area contributed by atoms with E-state index in [1.54, 1.807) is 7.11 Å². The van der Waals surface area contributed by atoms with E-state index in [9.17, 15) is 4.79 Å². The van der Waals surface area contributed by atoms with E-state index in [1.165, 1.54) is 11.8 Å². The number of ketones is 1. The van der Waals surface area contributed by atoms with Crippen molar-refractivity contribution >= 4 is 17.5 Å². The van der Waals surface area contributed by atoms with Gasteiger partial charge in [0.05, 0.1) is 12.7 Å². The van der Waals surface area contributed by atoms with Crippen LogP contribution in [0, 0.1) is 13.8 Å². The van der Waals surface area contributed by atoms with Gasteiger partial charge in [-0.25, -0.2) is 0 Å². The van der Waals surface area contributed by atoms with E-state index in [1.807, 2.05) is 86.6 Å². The quantitative estimate of drug-likeness (QED) is 0.262. The SMILES string of the molecule is COc1ccccc1-c1nnc(S[C@@H](C(=O)c2ccc(C)cc2)c2ccc(C)cc2)o1. The number of carbonyl (C=O) groups excluding carboxylic acids is 1. The number of aryl methyl sites for hydroxylation is 2. The summed E-state index contributed by atoms with van der Waals surface area (Å²) >= 11 is 1.25. The largest absolute Gasteiger partial charge is 0.496 e. The molecular weight excluding hydrogens is 408 g/mol.